The first-order chi connectivity index (χ1) is 10.6. The second-order valence-electron chi connectivity index (χ2n) is 5.88. The molecule has 122 valence electrons. The standard InChI is InChI=1S/C14H20F2N4O2/c15-9-1-11(6-21)19(4-9)13-3-14(18-8-17-13)20-5-10(16)2-12(20)7-22/h3,8-12,21-22H,1-2,4-7H2/t9-,10-,11-,12-/m0/s1. The summed E-state index contributed by atoms with van der Waals surface area (Å²) in [5, 5.41) is 18.7. The lowest BCUT2D eigenvalue weighted by Crippen LogP contribution is -2.35. The summed E-state index contributed by atoms with van der Waals surface area (Å²) in [6.07, 6.45) is -0.105. The van der Waals surface area contributed by atoms with E-state index in [9.17, 15) is 19.0 Å². The Hall–Kier alpha value is -1.54. The van der Waals surface area contributed by atoms with E-state index >= 15 is 0 Å². The van der Waals surface area contributed by atoms with Crippen LogP contribution < -0.4 is 9.80 Å². The fraction of sp³-hybridized carbons (Fsp3) is 0.714. The maximum absolute atomic E-state index is 13.6. The Morgan fingerprint density at radius 1 is 0.955 bits per heavy atom. The summed E-state index contributed by atoms with van der Waals surface area (Å²) >= 11 is 0. The number of rotatable bonds is 4. The van der Waals surface area contributed by atoms with Crippen molar-refractivity contribution in [2.45, 2.75) is 37.3 Å². The minimum Gasteiger partial charge on any atom is -0.394 e. The molecule has 22 heavy (non-hydrogen) atoms. The van der Waals surface area contributed by atoms with Crippen molar-refractivity contribution in [1.82, 2.24) is 9.97 Å². The zero-order valence-corrected chi connectivity index (χ0v) is 12.1. The summed E-state index contributed by atoms with van der Waals surface area (Å²) in [5.74, 6) is 1.03. The number of halogens is 2. The van der Waals surface area contributed by atoms with Gasteiger partial charge in [-0.1, -0.05) is 0 Å². The van der Waals surface area contributed by atoms with Crippen molar-refractivity contribution >= 4 is 11.6 Å². The van der Waals surface area contributed by atoms with Gasteiger partial charge in [-0.05, 0) is 0 Å². The van der Waals surface area contributed by atoms with Crippen LogP contribution in [0.15, 0.2) is 12.4 Å². The molecule has 0 saturated carbocycles. The predicted molar refractivity (Wildman–Crippen MR) is 77.5 cm³/mol. The van der Waals surface area contributed by atoms with Crippen molar-refractivity contribution in [3.8, 4) is 0 Å². The Kier molecular flexibility index (Phi) is 4.39. The van der Waals surface area contributed by atoms with Gasteiger partial charge in [0.25, 0.3) is 0 Å². The van der Waals surface area contributed by atoms with Crippen molar-refractivity contribution in [2.75, 3.05) is 36.1 Å². The van der Waals surface area contributed by atoms with Gasteiger partial charge in [0.2, 0.25) is 0 Å². The van der Waals surface area contributed by atoms with Gasteiger partial charge in [0, 0.05) is 18.9 Å². The first-order valence-corrected chi connectivity index (χ1v) is 7.47. The molecule has 8 heteroatoms. The molecule has 3 rings (SSSR count). The maximum atomic E-state index is 13.6. The Labute approximate surface area is 127 Å². The number of hydrogen-bond donors (Lipinski definition) is 2. The lowest BCUT2D eigenvalue weighted by molar-refractivity contribution is 0.255. The molecule has 2 fully saturated rings. The van der Waals surface area contributed by atoms with Crippen LogP contribution in [0.1, 0.15) is 12.8 Å². The van der Waals surface area contributed by atoms with Crippen molar-refractivity contribution in [2.24, 2.45) is 0 Å². The highest BCUT2D eigenvalue weighted by Gasteiger charge is 2.35. The van der Waals surface area contributed by atoms with Crippen LogP contribution in [-0.2, 0) is 0 Å². The molecule has 2 aliphatic rings. The molecule has 0 amide bonds. The summed E-state index contributed by atoms with van der Waals surface area (Å²) in [4.78, 5) is 11.7. The normalized spacial score (nSPS) is 32.0. The summed E-state index contributed by atoms with van der Waals surface area (Å²) in [6.45, 7) is 0.0677. The number of nitrogens with zero attached hydrogens (tertiary/aromatic N) is 4. The highest BCUT2D eigenvalue weighted by molar-refractivity contribution is 5.53. The molecule has 2 saturated heterocycles. The molecule has 0 bridgehead atoms. The van der Waals surface area contributed by atoms with E-state index < -0.39 is 12.3 Å². The zero-order valence-electron chi connectivity index (χ0n) is 12.1. The fourth-order valence-electron chi connectivity index (χ4n) is 3.28. The molecule has 0 spiro atoms. The molecule has 2 N–H and O–H groups in total. The Balaban J connectivity index is 1.83. The van der Waals surface area contributed by atoms with E-state index in [1.165, 1.54) is 6.33 Å². The molecule has 1 aromatic heterocycles. The van der Waals surface area contributed by atoms with Gasteiger partial charge in [-0.15, -0.1) is 0 Å². The number of aliphatic hydroxyl groups is 2. The summed E-state index contributed by atoms with van der Waals surface area (Å²) < 4.78 is 27.2. The lowest BCUT2D eigenvalue weighted by Gasteiger charge is -2.27. The molecule has 1 aromatic rings. The molecule has 0 radical (unpaired) electrons. The van der Waals surface area contributed by atoms with E-state index in [0.29, 0.717) is 11.6 Å². The molecule has 3 heterocycles. The Morgan fingerprint density at radius 2 is 1.41 bits per heavy atom. The van der Waals surface area contributed by atoms with E-state index in [-0.39, 0.29) is 51.2 Å². The third-order valence-electron chi connectivity index (χ3n) is 4.38. The first-order valence-electron chi connectivity index (χ1n) is 7.47. The SMILES string of the molecule is OC[C@@H]1C[C@H](F)CN1c1cc(N2C[C@@H](F)C[C@H]2CO)ncn1. The van der Waals surface area contributed by atoms with E-state index in [4.69, 9.17) is 0 Å². The van der Waals surface area contributed by atoms with Crippen LogP contribution in [0, 0.1) is 0 Å². The summed E-state index contributed by atoms with van der Waals surface area (Å²) in [6, 6.07) is 1.05. The smallest absolute Gasteiger partial charge is 0.134 e. The second-order valence-corrected chi connectivity index (χ2v) is 5.88. The highest BCUT2D eigenvalue weighted by atomic mass is 19.1. The van der Waals surface area contributed by atoms with E-state index in [1.807, 2.05) is 0 Å². The van der Waals surface area contributed by atoms with Crippen LogP contribution in [0.5, 0.6) is 0 Å². The maximum Gasteiger partial charge on any atom is 0.134 e. The third kappa shape index (κ3) is 2.85. The van der Waals surface area contributed by atoms with Gasteiger partial charge in [-0.2, -0.15) is 0 Å². The summed E-state index contributed by atoms with van der Waals surface area (Å²) in [7, 11) is 0. The zero-order chi connectivity index (χ0) is 15.7. The van der Waals surface area contributed by atoms with E-state index in [1.54, 1.807) is 15.9 Å². The molecule has 4 atom stereocenters. The number of hydrogen-bond acceptors (Lipinski definition) is 6. The van der Waals surface area contributed by atoms with Crippen LogP contribution in [-0.4, -0.2) is 70.9 Å². The quantitative estimate of drug-likeness (QED) is 0.832. The first kappa shape index (κ1) is 15.4. The average molecular weight is 314 g/mol. The van der Waals surface area contributed by atoms with Crippen molar-refractivity contribution < 1.29 is 19.0 Å². The monoisotopic (exact) mass is 314 g/mol. The molecular formula is C14H20F2N4O2. The largest absolute Gasteiger partial charge is 0.394 e. The minimum atomic E-state index is -0.997. The minimum absolute atomic E-state index is 0.144. The van der Waals surface area contributed by atoms with Crippen LogP contribution in [0.4, 0.5) is 20.4 Å². The molecule has 0 unspecified atom stereocenters. The van der Waals surface area contributed by atoms with Crippen LogP contribution in [0.3, 0.4) is 0 Å². The average Bonchev–Trinajstić information content (AvgIpc) is 3.09. The van der Waals surface area contributed by atoms with Crippen molar-refractivity contribution in [1.29, 1.82) is 0 Å². The molecule has 0 aromatic carbocycles. The fourth-order valence-corrected chi connectivity index (χ4v) is 3.28. The van der Waals surface area contributed by atoms with Gasteiger partial charge < -0.3 is 20.0 Å². The van der Waals surface area contributed by atoms with Gasteiger partial charge in [0.05, 0.1) is 38.4 Å². The highest BCUT2D eigenvalue weighted by Crippen LogP contribution is 2.30. The lowest BCUT2D eigenvalue weighted by atomic mass is 10.2. The predicted octanol–water partition coefficient (Wildman–Crippen LogP) is 0.295. The van der Waals surface area contributed by atoms with E-state index in [2.05, 4.69) is 9.97 Å². The Bertz CT molecular complexity index is 480. The molecule has 2 aliphatic heterocycles. The number of aromatic nitrogens is 2. The van der Waals surface area contributed by atoms with Crippen molar-refractivity contribution in [3.05, 3.63) is 12.4 Å². The number of anilines is 2. The van der Waals surface area contributed by atoms with Gasteiger partial charge >= 0.3 is 0 Å². The van der Waals surface area contributed by atoms with Crippen LogP contribution in [0.25, 0.3) is 0 Å². The Morgan fingerprint density at radius 3 is 1.82 bits per heavy atom. The van der Waals surface area contributed by atoms with Gasteiger partial charge in [-0.25, -0.2) is 18.7 Å². The van der Waals surface area contributed by atoms with Crippen LogP contribution in [0.2, 0.25) is 0 Å². The second kappa shape index (κ2) is 6.29. The molecule has 0 aliphatic carbocycles. The van der Waals surface area contributed by atoms with Crippen molar-refractivity contribution in [3.63, 3.8) is 0 Å². The topological polar surface area (TPSA) is 72.7 Å². The molecular weight excluding hydrogens is 294 g/mol. The van der Waals surface area contributed by atoms with Gasteiger partial charge in [0.15, 0.2) is 0 Å². The number of alkyl halides is 2. The van der Waals surface area contributed by atoms with E-state index in [0.717, 1.165) is 0 Å². The summed E-state index contributed by atoms with van der Waals surface area (Å²) in [5.41, 5.74) is 0. The molecule has 6 nitrogen and oxygen atoms in total. The van der Waals surface area contributed by atoms with Crippen LogP contribution >= 0.6 is 0 Å². The van der Waals surface area contributed by atoms with Gasteiger partial charge in [0.1, 0.15) is 30.3 Å². The number of aliphatic hydroxyl groups excluding tert-OH is 2. The van der Waals surface area contributed by atoms with Gasteiger partial charge in [-0.3, -0.25) is 0 Å². The third-order valence-corrected chi connectivity index (χ3v) is 4.38.